The number of rotatable bonds is 5. The Balaban J connectivity index is 1.50. The number of hydrogen-bond donors (Lipinski definition) is 1. The van der Waals surface area contributed by atoms with Crippen molar-refractivity contribution >= 4 is 17.2 Å². The predicted octanol–water partition coefficient (Wildman–Crippen LogP) is 1.84. The molecule has 0 fully saturated rings. The number of thiazole rings is 1. The van der Waals surface area contributed by atoms with E-state index in [-0.39, 0.29) is 11.8 Å². The van der Waals surface area contributed by atoms with Gasteiger partial charge < -0.3 is 5.32 Å². The first-order chi connectivity index (χ1) is 11.1. The summed E-state index contributed by atoms with van der Waals surface area (Å²) in [5.74, 6) is 1.89. The Kier molecular flexibility index (Phi) is 4.75. The molecule has 1 unspecified atom stereocenters. The summed E-state index contributed by atoms with van der Waals surface area (Å²) in [7, 11) is 0. The fraction of sp³-hybridized carbons (Fsp3) is 0.625. The molecular weight excluding hydrogens is 310 g/mol. The summed E-state index contributed by atoms with van der Waals surface area (Å²) in [6, 6.07) is 0. The van der Waals surface area contributed by atoms with Gasteiger partial charge in [-0.1, -0.05) is 6.92 Å². The summed E-state index contributed by atoms with van der Waals surface area (Å²) in [5, 5.41) is 8.51. The first-order valence-corrected chi connectivity index (χ1v) is 9.01. The molecule has 7 heteroatoms. The van der Waals surface area contributed by atoms with Gasteiger partial charge in [0.05, 0.1) is 23.2 Å². The van der Waals surface area contributed by atoms with E-state index in [0.29, 0.717) is 13.1 Å². The molecule has 0 saturated carbocycles. The molecule has 1 N–H and O–H groups in total. The highest BCUT2D eigenvalue weighted by Crippen LogP contribution is 2.19. The second-order valence-electron chi connectivity index (χ2n) is 6.00. The van der Waals surface area contributed by atoms with Crippen LogP contribution < -0.4 is 5.32 Å². The molecule has 0 aliphatic carbocycles. The van der Waals surface area contributed by atoms with Crippen LogP contribution in [0.5, 0.6) is 0 Å². The van der Waals surface area contributed by atoms with Gasteiger partial charge >= 0.3 is 0 Å². The van der Waals surface area contributed by atoms with Gasteiger partial charge in [0.2, 0.25) is 5.91 Å². The van der Waals surface area contributed by atoms with Gasteiger partial charge in [-0.25, -0.2) is 14.6 Å². The van der Waals surface area contributed by atoms with Gasteiger partial charge in [0.1, 0.15) is 11.6 Å². The third-order valence-corrected chi connectivity index (χ3v) is 5.32. The van der Waals surface area contributed by atoms with Crippen LogP contribution in [0.4, 0.5) is 0 Å². The number of carbonyl (C=O) groups excluding carboxylic acids is 1. The normalized spacial score (nSPS) is 17.1. The second kappa shape index (κ2) is 6.78. The maximum atomic E-state index is 12.3. The Morgan fingerprint density at radius 2 is 2.22 bits per heavy atom. The van der Waals surface area contributed by atoms with Gasteiger partial charge in [0.15, 0.2) is 0 Å². The molecule has 23 heavy (non-hydrogen) atoms. The highest BCUT2D eigenvalue weighted by Gasteiger charge is 2.26. The van der Waals surface area contributed by atoms with Crippen molar-refractivity contribution in [1.29, 1.82) is 0 Å². The largest absolute Gasteiger partial charge is 0.355 e. The van der Waals surface area contributed by atoms with Gasteiger partial charge in [-0.3, -0.25) is 4.79 Å². The number of fused-ring (bicyclic) bond motifs is 1. The van der Waals surface area contributed by atoms with Crippen molar-refractivity contribution in [2.24, 2.45) is 5.92 Å². The number of carbonyl (C=O) groups is 1. The second-order valence-corrected chi connectivity index (χ2v) is 7.29. The van der Waals surface area contributed by atoms with Crippen molar-refractivity contribution in [2.75, 3.05) is 6.54 Å². The minimum absolute atomic E-state index is 0.00664. The molecule has 0 saturated heterocycles. The van der Waals surface area contributed by atoms with Crippen LogP contribution in [-0.2, 0) is 30.6 Å². The monoisotopic (exact) mass is 333 g/mol. The number of aromatic nitrogens is 4. The van der Waals surface area contributed by atoms with Crippen LogP contribution in [0.3, 0.4) is 0 Å². The van der Waals surface area contributed by atoms with Crippen molar-refractivity contribution in [1.82, 2.24) is 25.1 Å². The first-order valence-electron chi connectivity index (χ1n) is 8.20. The summed E-state index contributed by atoms with van der Waals surface area (Å²) < 4.78 is 1.88. The fourth-order valence-corrected chi connectivity index (χ4v) is 4.03. The first kappa shape index (κ1) is 16.1. The maximum absolute atomic E-state index is 12.3. The summed E-state index contributed by atoms with van der Waals surface area (Å²) in [4.78, 5) is 22.6. The van der Waals surface area contributed by atoms with E-state index in [4.69, 9.17) is 0 Å². The number of hydrogen-bond acceptors (Lipinski definition) is 5. The molecule has 0 radical (unpaired) electrons. The third-order valence-electron chi connectivity index (χ3n) is 4.24. The van der Waals surface area contributed by atoms with Crippen LogP contribution in [0.25, 0.3) is 0 Å². The molecule has 0 bridgehead atoms. The average molecular weight is 333 g/mol. The Hall–Kier alpha value is -1.76. The highest BCUT2D eigenvalue weighted by molar-refractivity contribution is 7.11. The van der Waals surface area contributed by atoms with Crippen molar-refractivity contribution in [3.8, 4) is 0 Å². The molecular formula is C16H23N5OS. The summed E-state index contributed by atoms with van der Waals surface area (Å²) in [6.45, 7) is 7.41. The van der Waals surface area contributed by atoms with E-state index >= 15 is 0 Å². The Morgan fingerprint density at radius 3 is 2.96 bits per heavy atom. The van der Waals surface area contributed by atoms with Crippen molar-refractivity contribution < 1.29 is 4.79 Å². The molecule has 2 aromatic rings. The van der Waals surface area contributed by atoms with Crippen molar-refractivity contribution in [3.63, 3.8) is 0 Å². The van der Waals surface area contributed by atoms with E-state index in [2.05, 4.69) is 34.2 Å². The molecule has 124 valence electrons. The Morgan fingerprint density at radius 1 is 1.39 bits per heavy atom. The van der Waals surface area contributed by atoms with E-state index in [1.165, 1.54) is 10.6 Å². The van der Waals surface area contributed by atoms with E-state index in [0.717, 1.165) is 42.3 Å². The van der Waals surface area contributed by atoms with Crippen LogP contribution in [-0.4, -0.2) is 32.2 Å². The molecule has 1 amide bonds. The van der Waals surface area contributed by atoms with Crippen LogP contribution in [0.1, 0.15) is 40.6 Å². The van der Waals surface area contributed by atoms with Gasteiger partial charge in [0.25, 0.3) is 0 Å². The SMILES string of the molecule is CCc1nc(CCNC(=O)C2CCc3nc(C)nn3C2)sc1C. The zero-order valence-electron chi connectivity index (χ0n) is 13.9. The standard InChI is InChI=1S/C16H23N5OS/c1-4-13-10(2)23-15(19-13)7-8-17-16(22)12-5-6-14-18-11(3)20-21(14)9-12/h12H,4-9H2,1-3H3,(H,17,22). The highest BCUT2D eigenvalue weighted by atomic mass is 32.1. The van der Waals surface area contributed by atoms with E-state index in [9.17, 15) is 4.79 Å². The van der Waals surface area contributed by atoms with Gasteiger partial charge in [0, 0.05) is 24.3 Å². The number of nitrogens with one attached hydrogen (secondary N) is 1. The minimum atomic E-state index is -0.00664. The number of nitrogens with zero attached hydrogens (tertiary/aromatic N) is 4. The van der Waals surface area contributed by atoms with Crippen molar-refractivity contribution in [3.05, 3.63) is 27.2 Å². The lowest BCUT2D eigenvalue weighted by Crippen LogP contribution is -2.37. The lowest BCUT2D eigenvalue weighted by molar-refractivity contribution is -0.126. The minimum Gasteiger partial charge on any atom is -0.355 e. The van der Waals surface area contributed by atoms with Crippen LogP contribution in [0.2, 0.25) is 0 Å². The quantitative estimate of drug-likeness (QED) is 0.906. The molecule has 1 aliphatic heterocycles. The fourth-order valence-electron chi connectivity index (χ4n) is 3.01. The smallest absolute Gasteiger partial charge is 0.225 e. The molecule has 3 heterocycles. The lowest BCUT2D eigenvalue weighted by atomic mass is 9.99. The molecule has 1 atom stereocenters. The zero-order chi connectivity index (χ0) is 16.4. The maximum Gasteiger partial charge on any atom is 0.225 e. The van der Waals surface area contributed by atoms with E-state index < -0.39 is 0 Å². The average Bonchev–Trinajstić information content (AvgIpc) is 3.07. The summed E-state index contributed by atoms with van der Waals surface area (Å²) in [5.41, 5.74) is 1.18. The molecule has 2 aromatic heterocycles. The Labute approximate surface area is 140 Å². The predicted molar refractivity (Wildman–Crippen MR) is 89.5 cm³/mol. The topological polar surface area (TPSA) is 72.7 Å². The third kappa shape index (κ3) is 3.60. The molecule has 6 nitrogen and oxygen atoms in total. The number of aryl methyl sites for hydroxylation is 4. The van der Waals surface area contributed by atoms with Crippen LogP contribution in [0.15, 0.2) is 0 Å². The van der Waals surface area contributed by atoms with E-state index in [1.807, 2.05) is 11.6 Å². The van der Waals surface area contributed by atoms with E-state index in [1.54, 1.807) is 11.3 Å². The van der Waals surface area contributed by atoms with Gasteiger partial charge in [-0.15, -0.1) is 11.3 Å². The van der Waals surface area contributed by atoms with Gasteiger partial charge in [-0.05, 0) is 26.7 Å². The molecule has 1 aliphatic rings. The van der Waals surface area contributed by atoms with Crippen molar-refractivity contribution in [2.45, 2.75) is 53.0 Å². The Bertz CT molecular complexity index is 705. The number of amides is 1. The summed E-state index contributed by atoms with van der Waals surface area (Å²) >= 11 is 1.73. The van der Waals surface area contributed by atoms with Crippen LogP contribution in [0, 0.1) is 19.8 Å². The molecule has 0 spiro atoms. The summed E-state index contributed by atoms with van der Waals surface area (Å²) in [6.07, 6.45) is 3.44. The van der Waals surface area contributed by atoms with Gasteiger partial charge in [-0.2, -0.15) is 5.10 Å². The van der Waals surface area contributed by atoms with Crippen LogP contribution >= 0.6 is 11.3 Å². The molecule has 3 rings (SSSR count). The lowest BCUT2D eigenvalue weighted by Gasteiger charge is -2.21. The molecule has 0 aromatic carbocycles. The zero-order valence-corrected chi connectivity index (χ0v) is 14.7.